The summed E-state index contributed by atoms with van der Waals surface area (Å²) in [7, 11) is 0. The van der Waals surface area contributed by atoms with Crippen molar-refractivity contribution in [1.29, 1.82) is 0 Å². The Morgan fingerprint density at radius 3 is 1.82 bits per heavy atom. The number of benzene rings is 1. The Hall–Kier alpha value is -0.0600. The molecule has 0 spiro atoms. The first-order chi connectivity index (χ1) is 8.00. The predicted octanol–water partition coefficient (Wildman–Crippen LogP) is 5.52. The van der Waals surface area contributed by atoms with Crippen molar-refractivity contribution in [2.24, 2.45) is 0 Å². The van der Waals surface area contributed by atoms with Crippen LogP contribution in [0.3, 0.4) is 0 Å². The molecule has 0 saturated heterocycles. The number of rotatable bonds is 1. The molecule has 0 aliphatic carbocycles. The van der Waals surface area contributed by atoms with E-state index in [-0.39, 0.29) is 10.3 Å². The highest BCUT2D eigenvalue weighted by atomic mass is 79.9. The van der Waals surface area contributed by atoms with Gasteiger partial charge in [-0.2, -0.15) is 0 Å². The summed E-state index contributed by atoms with van der Waals surface area (Å²) in [5.74, 6) is 0.291. The smallest absolute Gasteiger partial charge is 0.165 e. The fourth-order valence-corrected chi connectivity index (χ4v) is 2.35. The lowest BCUT2D eigenvalue weighted by molar-refractivity contribution is 1.16. The zero-order valence-electron chi connectivity index (χ0n) is 8.02. The van der Waals surface area contributed by atoms with Gasteiger partial charge in [0.15, 0.2) is 5.82 Å². The fourth-order valence-electron chi connectivity index (χ4n) is 1.22. The molecule has 0 fully saturated rings. The molecule has 0 amide bonds. The van der Waals surface area contributed by atoms with Crippen molar-refractivity contribution >= 4 is 62.3 Å². The highest BCUT2D eigenvalue weighted by molar-refractivity contribution is 9.10. The van der Waals surface area contributed by atoms with Gasteiger partial charge in [0.25, 0.3) is 0 Å². The maximum atomic E-state index is 6.05. The maximum Gasteiger partial charge on any atom is 0.165 e. The van der Waals surface area contributed by atoms with Crippen LogP contribution in [-0.2, 0) is 0 Å². The van der Waals surface area contributed by atoms with Crippen LogP contribution in [-0.4, -0.2) is 9.97 Å². The van der Waals surface area contributed by atoms with Crippen LogP contribution in [0.15, 0.2) is 22.7 Å². The number of hydrogen-bond acceptors (Lipinski definition) is 2. The molecular formula is C10H3BrCl4N2. The second-order valence-corrected chi connectivity index (χ2v) is 5.36. The molecular weight excluding hydrogens is 370 g/mol. The summed E-state index contributed by atoms with van der Waals surface area (Å²) >= 11 is 27.1. The Morgan fingerprint density at radius 2 is 1.35 bits per heavy atom. The lowest BCUT2D eigenvalue weighted by atomic mass is 10.2. The van der Waals surface area contributed by atoms with E-state index < -0.39 is 0 Å². The van der Waals surface area contributed by atoms with Crippen molar-refractivity contribution in [3.63, 3.8) is 0 Å². The molecule has 0 saturated carbocycles. The Bertz CT molecular complexity index is 545. The molecule has 88 valence electrons. The molecule has 0 bridgehead atoms. The molecule has 0 radical (unpaired) electrons. The van der Waals surface area contributed by atoms with Crippen LogP contribution in [0.1, 0.15) is 0 Å². The van der Waals surface area contributed by atoms with Crippen molar-refractivity contribution in [3.8, 4) is 11.4 Å². The van der Waals surface area contributed by atoms with Gasteiger partial charge in [0.2, 0.25) is 0 Å². The van der Waals surface area contributed by atoms with E-state index in [1.165, 1.54) is 0 Å². The van der Waals surface area contributed by atoms with Gasteiger partial charge >= 0.3 is 0 Å². The Kier molecular flexibility index (Phi) is 4.16. The molecule has 1 heterocycles. The minimum atomic E-state index is 0.205. The number of aromatic nitrogens is 2. The monoisotopic (exact) mass is 370 g/mol. The first-order valence-corrected chi connectivity index (χ1v) is 6.64. The van der Waals surface area contributed by atoms with Crippen LogP contribution < -0.4 is 0 Å². The highest BCUT2D eigenvalue weighted by Crippen LogP contribution is 2.36. The number of hydrogen-bond donors (Lipinski definition) is 0. The third-order valence-corrected chi connectivity index (χ3v) is 4.34. The predicted molar refractivity (Wildman–Crippen MR) is 75.2 cm³/mol. The van der Waals surface area contributed by atoms with Gasteiger partial charge in [-0.15, -0.1) is 0 Å². The van der Waals surface area contributed by atoms with Gasteiger partial charge in [-0.3, -0.25) is 0 Å². The van der Waals surface area contributed by atoms with Crippen LogP contribution in [0, 0.1) is 0 Å². The van der Waals surface area contributed by atoms with Crippen LogP contribution in [0.2, 0.25) is 20.4 Å². The molecule has 17 heavy (non-hydrogen) atoms. The third-order valence-electron chi connectivity index (χ3n) is 1.96. The average molecular weight is 373 g/mol. The van der Waals surface area contributed by atoms with E-state index in [4.69, 9.17) is 46.4 Å². The van der Waals surface area contributed by atoms with Crippen LogP contribution in [0.4, 0.5) is 0 Å². The van der Waals surface area contributed by atoms with E-state index in [1.807, 2.05) is 0 Å². The maximum absolute atomic E-state index is 6.05. The first-order valence-electron chi connectivity index (χ1n) is 4.33. The Labute approximate surface area is 126 Å². The Balaban J connectivity index is 2.69. The zero-order valence-corrected chi connectivity index (χ0v) is 12.6. The van der Waals surface area contributed by atoms with Crippen LogP contribution in [0.25, 0.3) is 11.4 Å². The molecule has 1 aromatic carbocycles. The van der Waals surface area contributed by atoms with Gasteiger partial charge < -0.3 is 0 Å². The quantitative estimate of drug-likeness (QED) is 0.616. The van der Waals surface area contributed by atoms with E-state index >= 15 is 0 Å². The van der Waals surface area contributed by atoms with Gasteiger partial charge in [0.05, 0.1) is 20.1 Å². The number of halogens is 5. The van der Waals surface area contributed by atoms with Crippen molar-refractivity contribution in [1.82, 2.24) is 9.97 Å². The van der Waals surface area contributed by atoms with Gasteiger partial charge in [0.1, 0.15) is 10.3 Å². The summed E-state index contributed by atoms with van der Waals surface area (Å²) in [6, 6.07) is 5.11. The molecule has 2 aromatic rings. The van der Waals surface area contributed by atoms with Gasteiger partial charge in [-0.1, -0.05) is 52.5 Å². The SMILES string of the molecule is Clc1cccc(Cl)c1-c1nc(Cl)c(Br)c(Cl)n1. The second-order valence-electron chi connectivity index (χ2n) is 3.04. The summed E-state index contributed by atoms with van der Waals surface area (Å²) in [5.41, 5.74) is 0.507. The lowest BCUT2D eigenvalue weighted by Gasteiger charge is -2.07. The zero-order chi connectivity index (χ0) is 12.6. The van der Waals surface area contributed by atoms with Crippen molar-refractivity contribution in [2.45, 2.75) is 0 Å². The highest BCUT2D eigenvalue weighted by Gasteiger charge is 2.15. The first kappa shape index (κ1) is 13.4. The molecule has 0 unspecified atom stereocenters. The average Bonchev–Trinajstić information content (AvgIpc) is 2.25. The minimum Gasteiger partial charge on any atom is -0.215 e. The molecule has 7 heteroatoms. The summed E-state index contributed by atoms with van der Waals surface area (Å²) < 4.78 is 0.438. The molecule has 0 aliphatic heterocycles. The molecule has 0 aliphatic rings. The van der Waals surface area contributed by atoms with E-state index in [9.17, 15) is 0 Å². The van der Waals surface area contributed by atoms with Crippen LogP contribution >= 0.6 is 62.3 Å². The summed E-state index contributed by atoms with van der Waals surface area (Å²) in [4.78, 5) is 8.16. The standard InChI is InChI=1S/C10H3BrCl4N2/c11-7-8(14)16-10(17-9(7)15)6-4(12)2-1-3-5(6)13/h1-3H. The van der Waals surface area contributed by atoms with E-state index in [2.05, 4.69) is 25.9 Å². The number of nitrogens with zero attached hydrogens (tertiary/aromatic N) is 2. The van der Waals surface area contributed by atoms with Crippen LogP contribution in [0.5, 0.6) is 0 Å². The fraction of sp³-hybridized carbons (Fsp3) is 0. The van der Waals surface area contributed by atoms with E-state index in [0.29, 0.717) is 25.9 Å². The molecule has 0 atom stereocenters. The normalized spacial score (nSPS) is 10.6. The summed E-state index contributed by atoms with van der Waals surface area (Å²) in [6.45, 7) is 0. The van der Waals surface area contributed by atoms with Gasteiger partial charge in [-0.25, -0.2) is 9.97 Å². The molecule has 2 nitrogen and oxygen atoms in total. The second kappa shape index (κ2) is 5.29. The Morgan fingerprint density at radius 1 is 0.882 bits per heavy atom. The van der Waals surface area contributed by atoms with Crippen molar-refractivity contribution in [3.05, 3.63) is 43.0 Å². The lowest BCUT2D eigenvalue weighted by Crippen LogP contribution is -1.93. The van der Waals surface area contributed by atoms with E-state index in [0.717, 1.165) is 0 Å². The topological polar surface area (TPSA) is 25.8 Å². The minimum absolute atomic E-state index is 0.205. The largest absolute Gasteiger partial charge is 0.215 e. The van der Waals surface area contributed by atoms with Crippen molar-refractivity contribution < 1.29 is 0 Å². The van der Waals surface area contributed by atoms with Gasteiger partial charge in [-0.05, 0) is 28.1 Å². The van der Waals surface area contributed by atoms with E-state index in [1.54, 1.807) is 18.2 Å². The molecule has 1 aromatic heterocycles. The molecule has 0 N–H and O–H groups in total. The summed E-state index contributed by atoms with van der Waals surface area (Å²) in [5, 5.41) is 1.28. The summed E-state index contributed by atoms with van der Waals surface area (Å²) in [6.07, 6.45) is 0. The van der Waals surface area contributed by atoms with Crippen molar-refractivity contribution in [2.75, 3.05) is 0 Å². The van der Waals surface area contributed by atoms with Gasteiger partial charge in [0, 0.05) is 0 Å². The third kappa shape index (κ3) is 2.69. The molecule has 2 rings (SSSR count).